The molecule has 1 saturated heterocycles. The van der Waals surface area contributed by atoms with Crippen molar-refractivity contribution in [3.8, 4) is 0 Å². The lowest BCUT2D eigenvalue weighted by Gasteiger charge is -2.34. The molecule has 0 saturated carbocycles. The smallest absolute Gasteiger partial charge is 0.301 e. The molecule has 3 heterocycles. The minimum Gasteiger partial charge on any atom is -0.301 e. The van der Waals surface area contributed by atoms with Gasteiger partial charge in [0.2, 0.25) is 0 Å². The number of aromatic nitrogens is 2. The monoisotopic (exact) mass is 482 g/mol. The molecular weight excluding hydrogens is 452 g/mol. The zero-order valence-electron chi connectivity index (χ0n) is 18.8. The van der Waals surface area contributed by atoms with Crippen LogP contribution in [0.5, 0.6) is 0 Å². The molecule has 0 amide bonds. The van der Waals surface area contributed by atoms with E-state index in [1.807, 2.05) is 57.7 Å². The summed E-state index contributed by atoms with van der Waals surface area (Å²) in [5.74, 6) is 0. The van der Waals surface area contributed by atoms with Crippen LogP contribution in [0, 0.1) is 0 Å². The molecule has 0 unspecified atom stereocenters. The standard InChI is InChI=1S/C25H30N4O2S2/c30-24-28(20-8-2-4-10-22(20)32-24)13-7-1-6-12-26-14-16-27(17-15-26)18-19-29-21-9-3-5-11-23(21)33-25(29)31/h2-5,8-11H,1,6-7,12-19H2. The summed E-state index contributed by atoms with van der Waals surface area (Å²) in [4.78, 5) is 29.9. The summed E-state index contributed by atoms with van der Waals surface area (Å²) in [5.41, 5.74) is 2.13. The second kappa shape index (κ2) is 10.3. The van der Waals surface area contributed by atoms with Gasteiger partial charge in [-0.05, 0) is 43.7 Å². The van der Waals surface area contributed by atoms with Crippen molar-refractivity contribution >= 4 is 43.1 Å². The van der Waals surface area contributed by atoms with Gasteiger partial charge in [0, 0.05) is 45.8 Å². The van der Waals surface area contributed by atoms with Crippen molar-refractivity contribution in [2.24, 2.45) is 0 Å². The van der Waals surface area contributed by atoms with Crippen LogP contribution in [0.2, 0.25) is 0 Å². The Hall–Kier alpha value is -2.26. The molecule has 6 nitrogen and oxygen atoms in total. The molecule has 1 aliphatic heterocycles. The molecule has 5 rings (SSSR count). The number of piperazine rings is 1. The second-order valence-electron chi connectivity index (χ2n) is 8.72. The summed E-state index contributed by atoms with van der Waals surface area (Å²) in [6, 6.07) is 16.1. The number of nitrogens with zero attached hydrogens (tertiary/aromatic N) is 4. The Morgan fingerprint density at radius 1 is 0.576 bits per heavy atom. The van der Waals surface area contributed by atoms with Crippen LogP contribution >= 0.6 is 22.7 Å². The van der Waals surface area contributed by atoms with Gasteiger partial charge in [-0.2, -0.15) is 0 Å². The SMILES string of the molecule is O=c1sc2ccccc2n1CCCCCN1CCN(CCn2c(=O)sc3ccccc32)CC1. The lowest BCUT2D eigenvalue weighted by Crippen LogP contribution is -2.47. The second-order valence-corrected chi connectivity index (χ2v) is 10.7. The maximum atomic E-state index is 12.3. The lowest BCUT2D eigenvalue weighted by molar-refractivity contribution is 0.127. The minimum atomic E-state index is 0.146. The van der Waals surface area contributed by atoms with Crippen LogP contribution in [0.1, 0.15) is 19.3 Å². The Kier molecular flexibility index (Phi) is 7.06. The van der Waals surface area contributed by atoms with Crippen LogP contribution in [-0.2, 0) is 13.1 Å². The molecule has 2 aromatic carbocycles. The molecule has 1 aliphatic rings. The third kappa shape index (κ3) is 5.14. The molecule has 0 N–H and O–H groups in total. The first-order chi connectivity index (χ1) is 16.2. The summed E-state index contributed by atoms with van der Waals surface area (Å²) in [5, 5.41) is 0. The van der Waals surface area contributed by atoms with Gasteiger partial charge in [-0.3, -0.25) is 23.6 Å². The number of rotatable bonds is 9. The topological polar surface area (TPSA) is 50.5 Å². The number of hydrogen-bond acceptors (Lipinski definition) is 6. The molecule has 8 heteroatoms. The fourth-order valence-electron chi connectivity index (χ4n) is 4.71. The third-order valence-corrected chi connectivity index (χ3v) is 8.53. The lowest BCUT2D eigenvalue weighted by atomic mass is 10.2. The van der Waals surface area contributed by atoms with Gasteiger partial charge in [-0.1, -0.05) is 53.4 Å². The molecule has 4 aromatic rings. The summed E-state index contributed by atoms with van der Waals surface area (Å²) < 4.78 is 6.01. The van der Waals surface area contributed by atoms with Crippen LogP contribution in [0.3, 0.4) is 0 Å². The number of fused-ring (bicyclic) bond motifs is 2. The first-order valence-corrected chi connectivity index (χ1v) is 13.4. The molecule has 0 bridgehead atoms. The Labute approximate surface area is 201 Å². The number of aryl methyl sites for hydroxylation is 1. The number of benzene rings is 2. The summed E-state index contributed by atoms with van der Waals surface area (Å²) in [7, 11) is 0. The highest BCUT2D eigenvalue weighted by Gasteiger charge is 2.17. The molecule has 0 aliphatic carbocycles. The molecule has 2 aromatic heterocycles. The van der Waals surface area contributed by atoms with Gasteiger partial charge in [0.1, 0.15) is 0 Å². The summed E-state index contributed by atoms with van der Waals surface area (Å²) in [6.45, 7) is 7.94. The Morgan fingerprint density at radius 3 is 1.67 bits per heavy atom. The van der Waals surface area contributed by atoms with Gasteiger partial charge in [-0.15, -0.1) is 0 Å². The molecule has 33 heavy (non-hydrogen) atoms. The van der Waals surface area contributed by atoms with Gasteiger partial charge in [0.05, 0.1) is 20.4 Å². The number of thiazole rings is 2. The maximum Gasteiger partial charge on any atom is 0.308 e. The number of hydrogen-bond donors (Lipinski definition) is 0. The average molecular weight is 483 g/mol. The van der Waals surface area contributed by atoms with E-state index < -0.39 is 0 Å². The Bertz CT molecular complexity index is 1320. The molecule has 0 radical (unpaired) electrons. The van der Waals surface area contributed by atoms with E-state index in [4.69, 9.17) is 0 Å². The van der Waals surface area contributed by atoms with E-state index in [-0.39, 0.29) is 9.75 Å². The normalized spacial score (nSPS) is 15.6. The van der Waals surface area contributed by atoms with Gasteiger partial charge in [-0.25, -0.2) is 0 Å². The predicted octanol–water partition coefficient (Wildman–Crippen LogP) is 3.93. The van der Waals surface area contributed by atoms with Crippen LogP contribution in [0.25, 0.3) is 20.4 Å². The summed E-state index contributed by atoms with van der Waals surface area (Å²) in [6.07, 6.45) is 3.36. The highest BCUT2D eigenvalue weighted by molar-refractivity contribution is 7.16. The average Bonchev–Trinajstić information content (AvgIpc) is 3.33. The van der Waals surface area contributed by atoms with Crippen molar-refractivity contribution in [2.75, 3.05) is 39.3 Å². The molecular formula is C25H30N4O2S2. The quantitative estimate of drug-likeness (QED) is 0.339. The van der Waals surface area contributed by atoms with Crippen molar-refractivity contribution in [3.05, 3.63) is 67.9 Å². The first-order valence-electron chi connectivity index (χ1n) is 11.8. The van der Waals surface area contributed by atoms with Crippen molar-refractivity contribution in [3.63, 3.8) is 0 Å². The number of unbranched alkanes of at least 4 members (excludes halogenated alkanes) is 2. The van der Waals surface area contributed by atoms with Crippen LogP contribution < -0.4 is 9.75 Å². The summed E-state index contributed by atoms with van der Waals surface area (Å²) >= 11 is 2.69. The van der Waals surface area contributed by atoms with E-state index in [0.29, 0.717) is 0 Å². The predicted molar refractivity (Wildman–Crippen MR) is 139 cm³/mol. The molecule has 0 atom stereocenters. The van der Waals surface area contributed by atoms with Crippen molar-refractivity contribution in [2.45, 2.75) is 32.4 Å². The minimum absolute atomic E-state index is 0.146. The molecule has 0 spiro atoms. The van der Waals surface area contributed by atoms with Crippen molar-refractivity contribution in [1.82, 2.24) is 18.9 Å². The van der Waals surface area contributed by atoms with Crippen LogP contribution in [0.15, 0.2) is 58.1 Å². The van der Waals surface area contributed by atoms with Crippen LogP contribution in [0.4, 0.5) is 0 Å². The van der Waals surface area contributed by atoms with Gasteiger partial charge in [0.15, 0.2) is 0 Å². The molecule has 1 fully saturated rings. The van der Waals surface area contributed by atoms with E-state index in [1.165, 1.54) is 29.1 Å². The number of para-hydroxylation sites is 2. The molecule has 174 valence electrons. The van der Waals surface area contributed by atoms with E-state index in [0.717, 1.165) is 85.6 Å². The zero-order chi connectivity index (χ0) is 22.6. The van der Waals surface area contributed by atoms with E-state index in [2.05, 4.69) is 9.80 Å². The van der Waals surface area contributed by atoms with E-state index in [1.54, 1.807) is 0 Å². The van der Waals surface area contributed by atoms with Crippen LogP contribution in [-0.4, -0.2) is 58.2 Å². The third-order valence-electron chi connectivity index (χ3n) is 6.61. The Morgan fingerprint density at radius 2 is 1.06 bits per heavy atom. The van der Waals surface area contributed by atoms with Crippen molar-refractivity contribution in [1.29, 1.82) is 0 Å². The first kappa shape index (κ1) is 22.5. The Balaban J connectivity index is 1.02. The van der Waals surface area contributed by atoms with Crippen molar-refractivity contribution < 1.29 is 0 Å². The zero-order valence-corrected chi connectivity index (χ0v) is 20.5. The largest absolute Gasteiger partial charge is 0.308 e. The fraction of sp³-hybridized carbons (Fsp3) is 0.440. The highest BCUT2D eigenvalue weighted by atomic mass is 32.1. The van der Waals surface area contributed by atoms with E-state index in [9.17, 15) is 9.59 Å². The van der Waals surface area contributed by atoms with Gasteiger partial charge < -0.3 is 4.90 Å². The van der Waals surface area contributed by atoms with Gasteiger partial charge in [0.25, 0.3) is 0 Å². The van der Waals surface area contributed by atoms with E-state index >= 15 is 0 Å². The fourth-order valence-corrected chi connectivity index (χ4v) is 6.55. The van der Waals surface area contributed by atoms with Gasteiger partial charge >= 0.3 is 9.75 Å². The highest BCUT2D eigenvalue weighted by Crippen LogP contribution is 2.18. The maximum absolute atomic E-state index is 12.3.